The van der Waals surface area contributed by atoms with Crippen LogP contribution in [0.1, 0.15) is 38.2 Å². The Balaban J connectivity index is 2.04. The lowest BCUT2D eigenvalue weighted by atomic mass is 10.1. The van der Waals surface area contributed by atoms with E-state index in [1.807, 2.05) is 19.1 Å². The molecule has 2 nitrogen and oxygen atoms in total. The Labute approximate surface area is 86.7 Å². The van der Waals surface area contributed by atoms with Crippen molar-refractivity contribution in [2.24, 2.45) is 5.92 Å². The van der Waals surface area contributed by atoms with Crippen LogP contribution in [-0.2, 0) is 6.54 Å². The largest absolute Gasteiger partial charge is 0.465 e. The van der Waals surface area contributed by atoms with E-state index in [1.165, 1.54) is 12.8 Å². The quantitative estimate of drug-likeness (QED) is 0.705. The van der Waals surface area contributed by atoms with Crippen molar-refractivity contribution in [3.05, 3.63) is 23.7 Å². The van der Waals surface area contributed by atoms with Crippen LogP contribution in [0.4, 0.5) is 0 Å². The van der Waals surface area contributed by atoms with Gasteiger partial charge in [0.1, 0.15) is 11.5 Å². The Morgan fingerprint density at radius 3 is 2.71 bits per heavy atom. The number of hydrogen-bond donors (Lipinski definition) is 1. The maximum absolute atomic E-state index is 5.45. The molecule has 0 aliphatic carbocycles. The third-order valence-electron chi connectivity index (χ3n) is 2.23. The van der Waals surface area contributed by atoms with E-state index in [2.05, 4.69) is 19.2 Å². The molecule has 1 aromatic heterocycles. The Bertz CT molecular complexity index is 253. The molecule has 0 atom stereocenters. The van der Waals surface area contributed by atoms with Crippen LogP contribution in [0.5, 0.6) is 0 Å². The second-order valence-corrected chi connectivity index (χ2v) is 4.23. The summed E-state index contributed by atoms with van der Waals surface area (Å²) < 4.78 is 5.45. The molecule has 0 bridgehead atoms. The van der Waals surface area contributed by atoms with E-state index in [0.717, 1.165) is 30.5 Å². The minimum Gasteiger partial charge on any atom is -0.465 e. The summed E-state index contributed by atoms with van der Waals surface area (Å²) in [5.41, 5.74) is 0. The van der Waals surface area contributed by atoms with Crippen molar-refractivity contribution in [2.45, 2.75) is 40.2 Å². The SMILES string of the molecule is Cc1ccc(CNCCCC(C)C)o1. The summed E-state index contributed by atoms with van der Waals surface area (Å²) in [6.45, 7) is 8.43. The molecule has 1 N–H and O–H groups in total. The van der Waals surface area contributed by atoms with Gasteiger partial charge in [0, 0.05) is 0 Å². The van der Waals surface area contributed by atoms with E-state index in [0.29, 0.717) is 0 Å². The summed E-state index contributed by atoms with van der Waals surface area (Å²) in [7, 11) is 0. The summed E-state index contributed by atoms with van der Waals surface area (Å²) in [4.78, 5) is 0. The van der Waals surface area contributed by atoms with Gasteiger partial charge in [0.05, 0.1) is 6.54 Å². The molecule has 0 aliphatic rings. The summed E-state index contributed by atoms with van der Waals surface area (Å²) in [6, 6.07) is 4.04. The van der Waals surface area contributed by atoms with Gasteiger partial charge in [-0.3, -0.25) is 0 Å². The molecule has 1 aromatic rings. The van der Waals surface area contributed by atoms with Crippen molar-refractivity contribution in [2.75, 3.05) is 6.54 Å². The highest BCUT2D eigenvalue weighted by Crippen LogP contribution is 2.06. The van der Waals surface area contributed by atoms with Crippen molar-refractivity contribution in [1.82, 2.24) is 5.32 Å². The molecule has 2 heteroatoms. The molecule has 14 heavy (non-hydrogen) atoms. The fourth-order valence-corrected chi connectivity index (χ4v) is 1.43. The third kappa shape index (κ3) is 4.47. The Morgan fingerprint density at radius 1 is 1.36 bits per heavy atom. The first-order valence-corrected chi connectivity index (χ1v) is 5.44. The van der Waals surface area contributed by atoms with E-state index in [9.17, 15) is 0 Å². The molecule has 0 saturated heterocycles. The van der Waals surface area contributed by atoms with Gasteiger partial charge >= 0.3 is 0 Å². The van der Waals surface area contributed by atoms with E-state index in [-0.39, 0.29) is 0 Å². The van der Waals surface area contributed by atoms with Gasteiger partial charge in [-0.05, 0) is 44.4 Å². The molecule has 0 unspecified atom stereocenters. The highest BCUT2D eigenvalue weighted by Gasteiger charge is 1.97. The van der Waals surface area contributed by atoms with Crippen LogP contribution < -0.4 is 5.32 Å². The van der Waals surface area contributed by atoms with Gasteiger partial charge < -0.3 is 9.73 Å². The minimum atomic E-state index is 0.808. The summed E-state index contributed by atoms with van der Waals surface area (Å²) in [5.74, 6) is 2.83. The molecule has 1 heterocycles. The van der Waals surface area contributed by atoms with E-state index >= 15 is 0 Å². The molecule has 0 aliphatic heterocycles. The molecular formula is C12H21NO. The standard InChI is InChI=1S/C12H21NO/c1-10(2)5-4-8-13-9-12-7-6-11(3)14-12/h6-7,10,13H,4-5,8-9H2,1-3H3. The van der Waals surface area contributed by atoms with E-state index in [1.54, 1.807) is 0 Å². The summed E-state index contributed by atoms with van der Waals surface area (Å²) >= 11 is 0. The van der Waals surface area contributed by atoms with Crippen molar-refractivity contribution in [3.8, 4) is 0 Å². The zero-order valence-corrected chi connectivity index (χ0v) is 9.47. The number of nitrogens with one attached hydrogen (secondary N) is 1. The number of hydrogen-bond acceptors (Lipinski definition) is 2. The summed E-state index contributed by atoms with van der Waals surface area (Å²) in [5, 5.41) is 3.38. The minimum absolute atomic E-state index is 0.808. The van der Waals surface area contributed by atoms with Gasteiger partial charge in [0.15, 0.2) is 0 Å². The van der Waals surface area contributed by atoms with Gasteiger partial charge in [0.2, 0.25) is 0 Å². The Hall–Kier alpha value is -0.760. The fourth-order valence-electron chi connectivity index (χ4n) is 1.43. The second-order valence-electron chi connectivity index (χ2n) is 4.23. The zero-order chi connectivity index (χ0) is 10.4. The van der Waals surface area contributed by atoms with Gasteiger partial charge in [-0.1, -0.05) is 13.8 Å². The highest BCUT2D eigenvalue weighted by atomic mass is 16.3. The molecule has 0 amide bonds. The van der Waals surface area contributed by atoms with Crippen molar-refractivity contribution < 1.29 is 4.42 Å². The van der Waals surface area contributed by atoms with Crippen molar-refractivity contribution >= 4 is 0 Å². The number of furan rings is 1. The highest BCUT2D eigenvalue weighted by molar-refractivity contribution is 5.04. The Morgan fingerprint density at radius 2 is 2.14 bits per heavy atom. The number of rotatable bonds is 6. The van der Waals surface area contributed by atoms with Gasteiger partial charge in [-0.2, -0.15) is 0 Å². The number of aryl methyl sites for hydroxylation is 1. The molecule has 0 aromatic carbocycles. The maximum Gasteiger partial charge on any atom is 0.117 e. The van der Waals surface area contributed by atoms with Crippen LogP contribution in [0.3, 0.4) is 0 Å². The van der Waals surface area contributed by atoms with Gasteiger partial charge in [-0.15, -0.1) is 0 Å². The molecule has 0 fully saturated rings. The fraction of sp³-hybridized carbons (Fsp3) is 0.667. The normalized spacial score (nSPS) is 11.1. The van der Waals surface area contributed by atoms with Gasteiger partial charge in [0.25, 0.3) is 0 Å². The first-order chi connectivity index (χ1) is 6.68. The van der Waals surface area contributed by atoms with Crippen LogP contribution in [0, 0.1) is 12.8 Å². The lowest BCUT2D eigenvalue weighted by molar-refractivity contribution is 0.453. The van der Waals surface area contributed by atoms with Crippen LogP contribution >= 0.6 is 0 Å². The average Bonchev–Trinajstić information content (AvgIpc) is 2.50. The Kier molecular flexibility index (Phi) is 4.74. The van der Waals surface area contributed by atoms with Crippen LogP contribution in [0.25, 0.3) is 0 Å². The maximum atomic E-state index is 5.45. The zero-order valence-electron chi connectivity index (χ0n) is 9.47. The van der Waals surface area contributed by atoms with Crippen LogP contribution in [0.15, 0.2) is 16.5 Å². The molecule has 1 rings (SSSR count). The second kappa shape index (κ2) is 5.86. The van der Waals surface area contributed by atoms with Gasteiger partial charge in [-0.25, -0.2) is 0 Å². The monoisotopic (exact) mass is 195 g/mol. The molecule has 0 saturated carbocycles. The lowest BCUT2D eigenvalue weighted by Crippen LogP contribution is -2.14. The molecular weight excluding hydrogens is 174 g/mol. The van der Waals surface area contributed by atoms with Crippen molar-refractivity contribution in [1.29, 1.82) is 0 Å². The summed E-state index contributed by atoms with van der Waals surface area (Å²) in [6.07, 6.45) is 2.54. The first kappa shape index (κ1) is 11.3. The van der Waals surface area contributed by atoms with Crippen LogP contribution in [-0.4, -0.2) is 6.54 Å². The molecule has 0 spiro atoms. The third-order valence-corrected chi connectivity index (χ3v) is 2.23. The molecule has 0 radical (unpaired) electrons. The molecule has 80 valence electrons. The topological polar surface area (TPSA) is 25.2 Å². The van der Waals surface area contributed by atoms with Crippen molar-refractivity contribution in [3.63, 3.8) is 0 Å². The predicted octanol–water partition coefficient (Wildman–Crippen LogP) is 3.11. The first-order valence-electron chi connectivity index (χ1n) is 5.44. The predicted molar refractivity (Wildman–Crippen MR) is 59.2 cm³/mol. The smallest absolute Gasteiger partial charge is 0.117 e. The lowest BCUT2D eigenvalue weighted by Gasteiger charge is -2.04. The average molecular weight is 195 g/mol. The van der Waals surface area contributed by atoms with E-state index in [4.69, 9.17) is 4.42 Å². The van der Waals surface area contributed by atoms with Crippen LogP contribution in [0.2, 0.25) is 0 Å². The van der Waals surface area contributed by atoms with E-state index < -0.39 is 0 Å².